The lowest BCUT2D eigenvalue weighted by Crippen LogP contribution is -2.26. The zero-order valence-corrected chi connectivity index (χ0v) is 15.1. The van der Waals surface area contributed by atoms with E-state index in [1.54, 1.807) is 18.7 Å². The van der Waals surface area contributed by atoms with Gasteiger partial charge in [0, 0.05) is 5.69 Å². The van der Waals surface area contributed by atoms with Crippen LogP contribution in [0.5, 0.6) is 0 Å². The number of rotatable bonds is 6. The highest BCUT2D eigenvalue weighted by atomic mass is 16.6. The van der Waals surface area contributed by atoms with Gasteiger partial charge >= 0.3 is 12.1 Å². The van der Waals surface area contributed by atoms with Crippen molar-refractivity contribution < 1.29 is 19.1 Å². The number of hydrogen-bond donors (Lipinski definition) is 0. The third kappa shape index (κ3) is 4.04. The second kappa shape index (κ2) is 8.04. The molecule has 1 saturated heterocycles. The van der Waals surface area contributed by atoms with Crippen molar-refractivity contribution in [2.45, 2.75) is 26.4 Å². The molecule has 3 rings (SSSR count). The van der Waals surface area contributed by atoms with Crippen molar-refractivity contribution >= 4 is 17.7 Å². The highest BCUT2D eigenvalue weighted by molar-refractivity contribution is 5.90. The number of carbonyl (C=O) groups is 2. The molecular formula is C21H23NO4. The molecule has 0 spiro atoms. The van der Waals surface area contributed by atoms with Gasteiger partial charge in [0.25, 0.3) is 0 Å². The van der Waals surface area contributed by atoms with E-state index in [0.29, 0.717) is 19.6 Å². The SMILES string of the molecule is CCOC(=O)C(C)CC1CN(c2ccc(-c3ccccc3)cc2)C(=O)O1. The highest BCUT2D eigenvalue weighted by Crippen LogP contribution is 2.27. The fourth-order valence-electron chi connectivity index (χ4n) is 3.09. The van der Waals surface area contributed by atoms with E-state index in [1.165, 1.54) is 0 Å². The van der Waals surface area contributed by atoms with Gasteiger partial charge in [-0.05, 0) is 36.6 Å². The molecule has 0 aliphatic carbocycles. The Labute approximate surface area is 153 Å². The van der Waals surface area contributed by atoms with Gasteiger partial charge in [-0.15, -0.1) is 0 Å². The summed E-state index contributed by atoms with van der Waals surface area (Å²) in [6.45, 7) is 4.37. The Morgan fingerprint density at radius 1 is 1.15 bits per heavy atom. The largest absolute Gasteiger partial charge is 0.466 e. The molecule has 1 fully saturated rings. The van der Waals surface area contributed by atoms with Gasteiger partial charge < -0.3 is 9.47 Å². The van der Waals surface area contributed by atoms with Crippen molar-refractivity contribution in [1.29, 1.82) is 0 Å². The van der Waals surface area contributed by atoms with Gasteiger partial charge in [-0.2, -0.15) is 0 Å². The van der Waals surface area contributed by atoms with Crippen molar-refractivity contribution in [3.8, 4) is 11.1 Å². The van der Waals surface area contributed by atoms with Gasteiger partial charge in [0.1, 0.15) is 6.10 Å². The van der Waals surface area contributed by atoms with Gasteiger partial charge in [0.15, 0.2) is 0 Å². The van der Waals surface area contributed by atoms with Crippen LogP contribution in [0.15, 0.2) is 54.6 Å². The zero-order chi connectivity index (χ0) is 18.5. The van der Waals surface area contributed by atoms with E-state index in [4.69, 9.17) is 9.47 Å². The summed E-state index contributed by atoms with van der Waals surface area (Å²) in [7, 11) is 0. The summed E-state index contributed by atoms with van der Waals surface area (Å²) in [5.41, 5.74) is 3.01. The Morgan fingerprint density at radius 3 is 2.46 bits per heavy atom. The first-order chi connectivity index (χ1) is 12.6. The normalized spacial score (nSPS) is 17.7. The molecule has 136 valence electrons. The Bertz CT molecular complexity index is 757. The van der Waals surface area contributed by atoms with Crippen LogP contribution < -0.4 is 4.90 Å². The lowest BCUT2D eigenvalue weighted by molar-refractivity contribution is -0.148. The number of nitrogens with zero attached hydrogens (tertiary/aromatic N) is 1. The molecule has 5 nitrogen and oxygen atoms in total. The number of esters is 1. The molecule has 5 heteroatoms. The first-order valence-electron chi connectivity index (χ1n) is 8.88. The first-order valence-corrected chi connectivity index (χ1v) is 8.88. The van der Waals surface area contributed by atoms with Crippen LogP contribution in [0.4, 0.5) is 10.5 Å². The van der Waals surface area contributed by atoms with E-state index < -0.39 is 0 Å². The van der Waals surface area contributed by atoms with E-state index >= 15 is 0 Å². The summed E-state index contributed by atoms with van der Waals surface area (Å²) in [6, 6.07) is 17.9. The molecule has 0 bridgehead atoms. The molecule has 2 aromatic carbocycles. The molecule has 26 heavy (non-hydrogen) atoms. The predicted octanol–water partition coefficient (Wildman–Crippen LogP) is 4.27. The minimum atomic E-state index is -0.376. The van der Waals surface area contributed by atoms with Gasteiger partial charge in [-0.25, -0.2) is 4.79 Å². The monoisotopic (exact) mass is 353 g/mol. The molecule has 1 aliphatic heterocycles. The number of benzene rings is 2. The quantitative estimate of drug-likeness (QED) is 0.728. The minimum absolute atomic E-state index is 0.255. The Hall–Kier alpha value is -2.82. The zero-order valence-electron chi connectivity index (χ0n) is 15.1. The summed E-state index contributed by atoms with van der Waals surface area (Å²) in [6.07, 6.45) is -0.224. The van der Waals surface area contributed by atoms with Crippen LogP contribution >= 0.6 is 0 Å². The number of hydrogen-bond acceptors (Lipinski definition) is 4. The van der Waals surface area contributed by atoms with Gasteiger partial charge in [-0.3, -0.25) is 9.69 Å². The Kier molecular flexibility index (Phi) is 5.56. The molecule has 0 aromatic heterocycles. The number of cyclic esters (lactones) is 1. The summed E-state index contributed by atoms with van der Waals surface area (Å²) in [5, 5.41) is 0. The maximum absolute atomic E-state index is 12.2. The van der Waals surface area contributed by atoms with Crippen LogP contribution in [-0.4, -0.2) is 31.3 Å². The lowest BCUT2D eigenvalue weighted by atomic mass is 10.0. The van der Waals surface area contributed by atoms with Gasteiger partial charge in [0.2, 0.25) is 0 Å². The molecule has 0 N–H and O–H groups in total. The third-order valence-electron chi connectivity index (χ3n) is 4.47. The van der Waals surface area contributed by atoms with Crippen LogP contribution in [-0.2, 0) is 14.3 Å². The molecular weight excluding hydrogens is 330 g/mol. The van der Waals surface area contributed by atoms with Crippen LogP contribution in [0.3, 0.4) is 0 Å². The van der Waals surface area contributed by atoms with Crippen molar-refractivity contribution in [1.82, 2.24) is 0 Å². The summed E-state index contributed by atoms with van der Waals surface area (Å²) < 4.78 is 10.4. The van der Waals surface area contributed by atoms with Crippen molar-refractivity contribution in [2.24, 2.45) is 5.92 Å². The topological polar surface area (TPSA) is 55.8 Å². The van der Waals surface area contributed by atoms with Crippen LogP contribution in [0.1, 0.15) is 20.3 Å². The molecule has 0 saturated carbocycles. The molecule has 0 radical (unpaired) electrons. The summed E-state index contributed by atoms with van der Waals surface area (Å²) >= 11 is 0. The van der Waals surface area contributed by atoms with E-state index in [-0.39, 0.29) is 24.1 Å². The molecule has 1 aliphatic rings. The second-order valence-electron chi connectivity index (χ2n) is 6.42. The average Bonchev–Trinajstić information content (AvgIpc) is 3.03. The van der Waals surface area contributed by atoms with Crippen molar-refractivity contribution in [2.75, 3.05) is 18.1 Å². The van der Waals surface area contributed by atoms with Gasteiger partial charge in [-0.1, -0.05) is 49.4 Å². The molecule has 1 amide bonds. The van der Waals surface area contributed by atoms with E-state index in [1.807, 2.05) is 54.6 Å². The average molecular weight is 353 g/mol. The first kappa shape index (κ1) is 18.0. The lowest BCUT2D eigenvalue weighted by Gasteiger charge is -2.15. The number of ether oxygens (including phenoxy) is 2. The number of amides is 1. The van der Waals surface area contributed by atoms with Crippen LogP contribution in [0.25, 0.3) is 11.1 Å². The van der Waals surface area contributed by atoms with E-state index in [2.05, 4.69) is 0 Å². The minimum Gasteiger partial charge on any atom is -0.466 e. The number of carbonyl (C=O) groups excluding carboxylic acids is 2. The maximum Gasteiger partial charge on any atom is 0.414 e. The fraction of sp³-hybridized carbons (Fsp3) is 0.333. The maximum atomic E-state index is 12.2. The Morgan fingerprint density at radius 2 is 1.81 bits per heavy atom. The standard InChI is InChI=1S/C21H23NO4/c1-3-25-20(23)15(2)13-19-14-22(21(24)26-19)18-11-9-17(10-12-18)16-7-5-4-6-8-16/h4-12,15,19H,3,13-14H2,1-2H3. The highest BCUT2D eigenvalue weighted by Gasteiger charge is 2.34. The summed E-state index contributed by atoms with van der Waals surface area (Å²) in [5.74, 6) is -0.553. The third-order valence-corrected chi connectivity index (χ3v) is 4.47. The second-order valence-corrected chi connectivity index (χ2v) is 6.42. The van der Waals surface area contributed by atoms with Crippen LogP contribution in [0.2, 0.25) is 0 Å². The Balaban J connectivity index is 1.65. The van der Waals surface area contributed by atoms with Crippen LogP contribution in [0, 0.1) is 5.92 Å². The van der Waals surface area contributed by atoms with Crippen molar-refractivity contribution in [3.63, 3.8) is 0 Å². The smallest absolute Gasteiger partial charge is 0.414 e. The van der Waals surface area contributed by atoms with E-state index in [0.717, 1.165) is 16.8 Å². The molecule has 2 unspecified atom stereocenters. The molecule has 1 heterocycles. The summed E-state index contributed by atoms with van der Waals surface area (Å²) in [4.78, 5) is 25.6. The van der Waals surface area contributed by atoms with Gasteiger partial charge in [0.05, 0.1) is 19.1 Å². The molecule has 2 atom stereocenters. The predicted molar refractivity (Wildman–Crippen MR) is 99.9 cm³/mol. The fourth-order valence-corrected chi connectivity index (χ4v) is 3.09. The van der Waals surface area contributed by atoms with Crippen molar-refractivity contribution in [3.05, 3.63) is 54.6 Å². The van der Waals surface area contributed by atoms with E-state index in [9.17, 15) is 9.59 Å². The molecule has 2 aromatic rings. The number of anilines is 1.